The molecule has 192 valence electrons. The third kappa shape index (κ3) is 6.20. The maximum Gasteiger partial charge on any atom is 0.416 e. The number of alkyl halides is 3. The maximum absolute atomic E-state index is 14.3. The lowest BCUT2D eigenvalue weighted by Gasteiger charge is -2.13. The second-order valence-electron chi connectivity index (χ2n) is 8.02. The fourth-order valence-corrected chi connectivity index (χ4v) is 3.99. The van der Waals surface area contributed by atoms with Crippen LogP contribution in [0.3, 0.4) is 0 Å². The van der Waals surface area contributed by atoms with Crippen LogP contribution in [0.25, 0.3) is 11.4 Å². The second kappa shape index (κ2) is 10.8. The molecule has 0 saturated carbocycles. The van der Waals surface area contributed by atoms with E-state index in [0.717, 1.165) is 22.9 Å². The largest absolute Gasteiger partial charge is 0.416 e. The van der Waals surface area contributed by atoms with Gasteiger partial charge < -0.3 is 5.32 Å². The lowest BCUT2D eigenvalue weighted by atomic mass is 10.1. The summed E-state index contributed by atoms with van der Waals surface area (Å²) in [6, 6.07) is 15.4. The number of carbonyl (C=O) groups is 1. The van der Waals surface area contributed by atoms with Crippen LogP contribution in [0.1, 0.15) is 16.7 Å². The highest BCUT2D eigenvalue weighted by atomic mass is 35.5. The van der Waals surface area contributed by atoms with Crippen LogP contribution >= 0.6 is 23.2 Å². The minimum absolute atomic E-state index is 0.0768. The Kier molecular flexibility index (Phi) is 7.70. The van der Waals surface area contributed by atoms with Crippen LogP contribution in [0.4, 0.5) is 17.6 Å². The van der Waals surface area contributed by atoms with Gasteiger partial charge in [0.15, 0.2) is 5.82 Å². The molecule has 1 heterocycles. The molecule has 1 aromatic heterocycles. The molecule has 0 saturated heterocycles. The van der Waals surface area contributed by atoms with E-state index in [0.29, 0.717) is 10.6 Å². The number of aromatic nitrogens is 3. The summed E-state index contributed by atoms with van der Waals surface area (Å²) in [4.78, 5) is 25.7. The maximum atomic E-state index is 14.3. The molecule has 12 heteroatoms. The van der Waals surface area contributed by atoms with Crippen LogP contribution < -0.4 is 11.0 Å². The zero-order chi connectivity index (χ0) is 26.7. The Morgan fingerprint density at radius 1 is 0.946 bits per heavy atom. The molecule has 0 fully saturated rings. The van der Waals surface area contributed by atoms with Gasteiger partial charge >= 0.3 is 11.9 Å². The molecule has 0 aliphatic heterocycles. The molecule has 37 heavy (non-hydrogen) atoms. The van der Waals surface area contributed by atoms with Gasteiger partial charge in [-0.25, -0.2) is 13.9 Å². The first-order valence-electron chi connectivity index (χ1n) is 10.8. The molecule has 1 N–H and O–H groups in total. The first-order valence-corrected chi connectivity index (χ1v) is 11.6. The molecule has 4 aromatic rings. The smallest absolute Gasteiger partial charge is 0.350 e. The molecule has 4 rings (SSSR count). The zero-order valence-electron chi connectivity index (χ0n) is 18.9. The van der Waals surface area contributed by atoms with Crippen molar-refractivity contribution >= 4 is 29.1 Å². The number of nitrogens with zero attached hydrogens (tertiary/aromatic N) is 3. The van der Waals surface area contributed by atoms with Crippen molar-refractivity contribution in [2.45, 2.75) is 25.8 Å². The summed E-state index contributed by atoms with van der Waals surface area (Å²) in [6.07, 6.45) is -4.64. The first-order chi connectivity index (χ1) is 17.5. The molecule has 0 aliphatic rings. The topological polar surface area (TPSA) is 68.9 Å². The van der Waals surface area contributed by atoms with Gasteiger partial charge in [0, 0.05) is 27.7 Å². The molecule has 0 atom stereocenters. The Balaban J connectivity index is 1.61. The van der Waals surface area contributed by atoms with Crippen LogP contribution in [0.15, 0.2) is 71.5 Å². The van der Waals surface area contributed by atoms with Gasteiger partial charge in [-0.05, 0) is 54.1 Å². The number of hydrogen-bond acceptors (Lipinski definition) is 3. The van der Waals surface area contributed by atoms with Gasteiger partial charge in [-0.3, -0.25) is 9.36 Å². The van der Waals surface area contributed by atoms with E-state index in [1.54, 1.807) is 30.3 Å². The fraction of sp³-hybridized carbons (Fsp3) is 0.160. The summed E-state index contributed by atoms with van der Waals surface area (Å²) >= 11 is 11.8. The average molecular weight is 553 g/mol. The number of amides is 1. The Morgan fingerprint density at radius 2 is 1.62 bits per heavy atom. The zero-order valence-corrected chi connectivity index (χ0v) is 20.4. The van der Waals surface area contributed by atoms with Gasteiger partial charge in [0.25, 0.3) is 0 Å². The number of hydrogen-bond donors (Lipinski definition) is 1. The third-order valence-corrected chi connectivity index (χ3v) is 5.94. The van der Waals surface area contributed by atoms with Crippen LogP contribution in [-0.2, 0) is 30.6 Å². The van der Waals surface area contributed by atoms with Crippen molar-refractivity contribution in [2.75, 3.05) is 0 Å². The molecular weight excluding hydrogens is 535 g/mol. The van der Waals surface area contributed by atoms with E-state index in [4.69, 9.17) is 23.2 Å². The molecule has 0 radical (unpaired) electrons. The highest BCUT2D eigenvalue weighted by molar-refractivity contribution is 6.30. The van der Waals surface area contributed by atoms with Gasteiger partial charge in [-0.1, -0.05) is 41.4 Å². The Labute approximate surface area is 218 Å². The number of carbonyl (C=O) groups excluding carboxylic acids is 1. The van der Waals surface area contributed by atoms with Gasteiger partial charge in [-0.2, -0.15) is 13.2 Å². The second-order valence-corrected chi connectivity index (χ2v) is 8.90. The molecule has 0 unspecified atom stereocenters. The van der Waals surface area contributed by atoms with Crippen molar-refractivity contribution in [1.82, 2.24) is 19.7 Å². The molecular formula is C25H18Cl2F4N4O2. The Hall–Kier alpha value is -3.63. The average Bonchev–Trinajstić information content (AvgIpc) is 3.13. The third-order valence-electron chi connectivity index (χ3n) is 5.45. The van der Waals surface area contributed by atoms with E-state index in [-0.39, 0.29) is 28.5 Å². The van der Waals surface area contributed by atoms with E-state index in [1.165, 1.54) is 22.8 Å². The van der Waals surface area contributed by atoms with Crippen LogP contribution in [0.2, 0.25) is 10.0 Å². The Bertz CT molecular complexity index is 1500. The quantitative estimate of drug-likeness (QED) is 0.306. The summed E-state index contributed by atoms with van der Waals surface area (Å²) in [5.41, 5.74) is -1.15. The van der Waals surface area contributed by atoms with Crippen molar-refractivity contribution < 1.29 is 22.4 Å². The van der Waals surface area contributed by atoms with Crippen molar-refractivity contribution in [3.05, 3.63) is 110 Å². The molecule has 1 amide bonds. The van der Waals surface area contributed by atoms with E-state index < -0.39 is 42.2 Å². The number of benzene rings is 3. The summed E-state index contributed by atoms with van der Waals surface area (Å²) in [6.45, 7) is -1.21. The van der Waals surface area contributed by atoms with Gasteiger partial charge in [0.1, 0.15) is 12.4 Å². The van der Waals surface area contributed by atoms with E-state index in [2.05, 4.69) is 10.4 Å². The summed E-state index contributed by atoms with van der Waals surface area (Å²) < 4.78 is 56.3. The first kappa shape index (κ1) is 26.4. The molecule has 0 bridgehead atoms. The van der Waals surface area contributed by atoms with E-state index in [1.807, 2.05) is 0 Å². The van der Waals surface area contributed by atoms with Crippen molar-refractivity contribution in [3.8, 4) is 11.4 Å². The highest BCUT2D eigenvalue weighted by Gasteiger charge is 2.33. The molecule has 6 nitrogen and oxygen atoms in total. The van der Waals surface area contributed by atoms with Gasteiger partial charge in [-0.15, -0.1) is 5.10 Å². The van der Waals surface area contributed by atoms with E-state index in [9.17, 15) is 27.2 Å². The molecule has 0 aliphatic carbocycles. The molecule has 0 spiro atoms. The van der Waals surface area contributed by atoms with Gasteiger partial charge in [0.05, 0.1) is 12.1 Å². The number of nitrogens with one attached hydrogen (secondary N) is 1. The normalized spacial score (nSPS) is 11.5. The summed E-state index contributed by atoms with van der Waals surface area (Å²) in [5.74, 6) is -1.12. The van der Waals surface area contributed by atoms with Crippen LogP contribution in [0.5, 0.6) is 0 Å². The Morgan fingerprint density at radius 3 is 2.30 bits per heavy atom. The van der Waals surface area contributed by atoms with Gasteiger partial charge in [0.2, 0.25) is 5.91 Å². The predicted molar refractivity (Wildman–Crippen MR) is 131 cm³/mol. The monoisotopic (exact) mass is 552 g/mol. The van der Waals surface area contributed by atoms with Crippen molar-refractivity contribution in [2.24, 2.45) is 0 Å². The predicted octanol–water partition coefficient (Wildman–Crippen LogP) is 5.54. The summed E-state index contributed by atoms with van der Waals surface area (Å²) in [5, 5.41) is 7.13. The summed E-state index contributed by atoms with van der Waals surface area (Å²) in [7, 11) is 0. The van der Waals surface area contributed by atoms with Crippen LogP contribution in [-0.4, -0.2) is 20.3 Å². The SMILES string of the molecule is O=C(Cn1nc(-c2ccc(Cl)cc2)n(Cc2ccccc2F)c1=O)NCc1cc(Cl)ccc1C(F)(F)F. The minimum Gasteiger partial charge on any atom is -0.350 e. The number of halogens is 6. The lowest BCUT2D eigenvalue weighted by Crippen LogP contribution is -2.34. The standard InChI is InChI=1S/C25H18Cl2F4N4O2/c26-18-7-5-15(6-8-18)23-33-35(24(37)34(23)13-16-3-1-2-4-21(16)28)14-22(36)32-12-17-11-19(27)9-10-20(17)25(29,30)31/h1-11H,12-14H2,(H,32,36). The number of rotatable bonds is 7. The molecule has 3 aromatic carbocycles. The lowest BCUT2D eigenvalue weighted by molar-refractivity contribution is -0.138. The van der Waals surface area contributed by atoms with Crippen LogP contribution in [0, 0.1) is 5.82 Å². The fourth-order valence-electron chi connectivity index (χ4n) is 3.67. The minimum atomic E-state index is -4.64. The van der Waals surface area contributed by atoms with Crippen molar-refractivity contribution in [3.63, 3.8) is 0 Å². The van der Waals surface area contributed by atoms with Crippen molar-refractivity contribution in [1.29, 1.82) is 0 Å². The van der Waals surface area contributed by atoms with E-state index >= 15 is 0 Å². The highest BCUT2D eigenvalue weighted by Crippen LogP contribution is 2.33.